The standard InChI is InChI=1S/C15H26N2O2/c1-13-4-6-14(7-5-13)11-17(2)12-15(18)10-16-8-9-19-3/h4-7,15-16,18H,8-12H2,1-3H3. The summed E-state index contributed by atoms with van der Waals surface area (Å²) in [6.07, 6.45) is -0.354. The zero-order chi connectivity index (χ0) is 14.1. The number of aliphatic hydroxyl groups is 1. The monoisotopic (exact) mass is 266 g/mol. The number of benzene rings is 1. The van der Waals surface area contributed by atoms with Gasteiger partial charge in [0.2, 0.25) is 0 Å². The van der Waals surface area contributed by atoms with Gasteiger partial charge in [-0.2, -0.15) is 0 Å². The Balaban J connectivity index is 2.22. The van der Waals surface area contributed by atoms with Crippen LogP contribution < -0.4 is 5.32 Å². The van der Waals surface area contributed by atoms with Crippen molar-refractivity contribution >= 4 is 0 Å². The average Bonchev–Trinajstić information content (AvgIpc) is 2.37. The Labute approximate surface area is 116 Å². The molecule has 1 unspecified atom stereocenters. The van der Waals surface area contributed by atoms with E-state index in [2.05, 4.69) is 41.4 Å². The summed E-state index contributed by atoms with van der Waals surface area (Å²) in [7, 11) is 3.70. The van der Waals surface area contributed by atoms with Crippen LogP contribution in [-0.2, 0) is 11.3 Å². The summed E-state index contributed by atoms with van der Waals surface area (Å²) >= 11 is 0. The van der Waals surface area contributed by atoms with Crippen LogP contribution in [0.4, 0.5) is 0 Å². The molecule has 0 aromatic heterocycles. The van der Waals surface area contributed by atoms with Crippen molar-refractivity contribution in [2.45, 2.75) is 19.6 Å². The van der Waals surface area contributed by atoms with E-state index in [1.807, 2.05) is 7.05 Å². The Bertz CT molecular complexity index is 341. The average molecular weight is 266 g/mol. The van der Waals surface area contributed by atoms with Gasteiger partial charge in [0.05, 0.1) is 12.7 Å². The number of likely N-dealkylation sites (N-methyl/N-ethyl adjacent to an activating group) is 1. The highest BCUT2D eigenvalue weighted by Gasteiger charge is 2.08. The molecule has 0 radical (unpaired) electrons. The van der Waals surface area contributed by atoms with Crippen molar-refractivity contribution in [1.82, 2.24) is 10.2 Å². The summed E-state index contributed by atoms with van der Waals surface area (Å²) in [5.74, 6) is 0. The maximum atomic E-state index is 9.90. The molecule has 0 aliphatic rings. The second-order valence-corrected chi connectivity index (χ2v) is 5.03. The molecule has 108 valence electrons. The summed E-state index contributed by atoms with van der Waals surface area (Å²) < 4.78 is 4.94. The third-order valence-corrected chi connectivity index (χ3v) is 2.96. The molecule has 1 atom stereocenters. The van der Waals surface area contributed by atoms with Crippen molar-refractivity contribution in [2.75, 3.05) is 40.4 Å². The van der Waals surface area contributed by atoms with E-state index >= 15 is 0 Å². The van der Waals surface area contributed by atoms with Crippen LogP contribution in [0.5, 0.6) is 0 Å². The van der Waals surface area contributed by atoms with Gasteiger partial charge in [-0.25, -0.2) is 0 Å². The third kappa shape index (κ3) is 7.28. The van der Waals surface area contributed by atoms with Crippen LogP contribution in [0.3, 0.4) is 0 Å². The number of methoxy groups -OCH3 is 1. The van der Waals surface area contributed by atoms with Crippen molar-refractivity contribution in [3.63, 3.8) is 0 Å². The molecule has 0 heterocycles. The Morgan fingerprint density at radius 2 is 2.00 bits per heavy atom. The first-order chi connectivity index (χ1) is 9.11. The smallest absolute Gasteiger partial charge is 0.0791 e. The van der Waals surface area contributed by atoms with Crippen molar-refractivity contribution in [3.8, 4) is 0 Å². The van der Waals surface area contributed by atoms with Crippen LogP contribution in [0.1, 0.15) is 11.1 Å². The van der Waals surface area contributed by atoms with Gasteiger partial charge in [-0.15, -0.1) is 0 Å². The minimum atomic E-state index is -0.354. The molecule has 0 fully saturated rings. The Hall–Kier alpha value is -0.940. The summed E-state index contributed by atoms with van der Waals surface area (Å²) in [6, 6.07) is 8.50. The minimum absolute atomic E-state index is 0.354. The number of rotatable bonds is 9. The van der Waals surface area contributed by atoms with Gasteiger partial charge < -0.3 is 15.2 Å². The van der Waals surface area contributed by atoms with Crippen molar-refractivity contribution in [2.24, 2.45) is 0 Å². The topological polar surface area (TPSA) is 44.7 Å². The highest BCUT2D eigenvalue weighted by molar-refractivity contribution is 5.21. The summed E-state index contributed by atoms with van der Waals surface area (Å²) in [5, 5.41) is 13.1. The van der Waals surface area contributed by atoms with E-state index in [9.17, 15) is 5.11 Å². The van der Waals surface area contributed by atoms with E-state index in [4.69, 9.17) is 4.74 Å². The molecule has 0 saturated carbocycles. The SMILES string of the molecule is COCCNCC(O)CN(C)Cc1ccc(C)cc1. The van der Waals surface area contributed by atoms with E-state index in [1.54, 1.807) is 7.11 Å². The van der Waals surface area contributed by atoms with Gasteiger partial charge in [0.1, 0.15) is 0 Å². The predicted molar refractivity (Wildman–Crippen MR) is 78.3 cm³/mol. The van der Waals surface area contributed by atoms with Crippen LogP contribution >= 0.6 is 0 Å². The lowest BCUT2D eigenvalue weighted by Gasteiger charge is -2.21. The maximum absolute atomic E-state index is 9.90. The molecule has 1 aromatic carbocycles. The highest BCUT2D eigenvalue weighted by Crippen LogP contribution is 2.06. The van der Waals surface area contributed by atoms with Gasteiger partial charge in [0, 0.05) is 33.3 Å². The minimum Gasteiger partial charge on any atom is -0.390 e. The fraction of sp³-hybridized carbons (Fsp3) is 0.600. The normalized spacial score (nSPS) is 12.9. The molecule has 0 saturated heterocycles. The summed E-state index contributed by atoms with van der Waals surface area (Å²) in [4.78, 5) is 2.13. The lowest BCUT2D eigenvalue weighted by atomic mass is 10.1. The van der Waals surface area contributed by atoms with Crippen LogP contribution in [0.25, 0.3) is 0 Å². The Morgan fingerprint density at radius 3 is 2.63 bits per heavy atom. The second kappa shape index (κ2) is 9.04. The zero-order valence-electron chi connectivity index (χ0n) is 12.2. The van der Waals surface area contributed by atoms with Gasteiger partial charge in [-0.1, -0.05) is 29.8 Å². The summed E-state index contributed by atoms with van der Waals surface area (Å²) in [5.41, 5.74) is 2.54. The lowest BCUT2D eigenvalue weighted by molar-refractivity contribution is 0.117. The molecule has 1 aromatic rings. The number of nitrogens with zero attached hydrogens (tertiary/aromatic N) is 1. The predicted octanol–water partition coefficient (Wildman–Crippen LogP) is 1.02. The molecule has 0 aliphatic carbocycles. The first-order valence-corrected chi connectivity index (χ1v) is 6.73. The third-order valence-electron chi connectivity index (χ3n) is 2.96. The number of hydrogen-bond donors (Lipinski definition) is 2. The van der Waals surface area contributed by atoms with Crippen LogP contribution in [0.15, 0.2) is 24.3 Å². The fourth-order valence-electron chi connectivity index (χ4n) is 1.94. The van der Waals surface area contributed by atoms with E-state index in [1.165, 1.54) is 11.1 Å². The fourth-order valence-corrected chi connectivity index (χ4v) is 1.94. The van der Waals surface area contributed by atoms with Gasteiger partial charge in [0.15, 0.2) is 0 Å². The molecule has 1 rings (SSSR count). The molecule has 4 nitrogen and oxygen atoms in total. The molecule has 0 bridgehead atoms. The van der Waals surface area contributed by atoms with Crippen LogP contribution in [-0.4, -0.2) is 56.5 Å². The quantitative estimate of drug-likeness (QED) is 0.655. The van der Waals surface area contributed by atoms with Crippen LogP contribution in [0, 0.1) is 6.92 Å². The molecule has 19 heavy (non-hydrogen) atoms. The largest absolute Gasteiger partial charge is 0.390 e. The van der Waals surface area contributed by atoms with Gasteiger partial charge >= 0.3 is 0 Å². The molecule has 2 N–H and O–H groups in total. The zero-order valence-corrected chi connectivity index (χ0v) is 12.2. The van der Waals surface area contributed by atoms with Crippen molar-refractivity contribution < 1.29 is 9.84 Å². The van der Waals surface area contributed by atoms with Gasteiger partial charge in [0.25, 0.3) is 0 Å². The van der Waals surface area contributed by atoms with E-state index < -0.39 is 0 Å². The molecular formula is C15H26N2O2. The molecule has 0 amide bonds. The first-order valence-electron chi connectivity index (χ1n) is 6.73. The number of aryl methyl sites for hydroxylation is 1. The van der Waals surface area contributed by atoms with E-state index in [-0.39, 0.29) is 6.10 Å². The summed E-state index contributed by atoms with van der Waals surface area (Å²) in [6.45, 7) is 5.65. The van der Waals surface area contributed by atoms with Gasteiger partial charge in [-0.3, -0.25) is 4.90 Å². The first kappa shape index (κ1) is 16.1. The molecule has 0 spiro atoms. The van der Waals surface area contributed by atoms with Gasteiger partial charge in [-0.05, 0) is 19.5 Å². The number of aliphatic hydroxyl groups excluding tert-OH is 1. The number of hydrogen-bond acceptors (Lipinski definition) is 4. The number of ether oxygens (including phenoxy) is 1. The van der Waals surface area contributed by atoms with Crippen molar-refractivity contribution in [1.29, 1.82) is 0 Å². The van der Waals surface area contributed by atoms with E-state index in [0.29, 0.717) is 19.7 Å². The number of nitrogens with one attached hydrogen (secondary N) is 1. The second-order valence-electron chi connectivity index (χ2n) is 5.03. The van der Waals surface area contributed by atoms with Crippen molar-refractivity contribution in [3.05, 3.63) is 35.4 Å². The van der Waals surface area contributed by atoms with Crippen LogP contribution in [0.2, 0.25) is 0 Å². The molecular weight excluding hydrogens is 240 g/mol. The Morgan fingerprint density at radius 1 is 1.32 bits per heavy atom. The maximum Gasteiger partial charge on any atom is 0.0791 e. The van der Waals surface area contributed by atoms with E-state index in [0.717, 1.165) is 13.1 Å². The highest BCUT2D eigenvalue weighted by atomic mass is 16.5. The molecule has 0 aliphatic heterocycles. The lowest BCUT2D eigenvalue weighted by Crippen LogP contribution is -2.37. The Kier molecular flexibility index (Phi) is 7.67. The molecule has 4 heteroatoms.